The minimum atomic E-state index is -0.346. The molecule has 0 unspecified atom stereocenters. The molecule has 150 valence electrons. The maximum absolute atomic E-state index is 12.5. The van der Waals surface area contributed by atoms with Crippen molar-refractivity contribution < 1.29 is 19.1 Å². The van der Waals surface area contributed by atoms with Crippen molar-refractivity contribution in [3.05, 3.63) is 63.6 Å². The van der Waals surface area contributed by atoms with E-state index in [0.29, 0.717) is 33.6 Å². The lowest BCUT2D eigenvalue weighted by molar-refractivity contribution is -0.115. The van der Waals surface area contributed by atoms with Crippen LogP contribution in [0.4, 0.5) is 10.8 Å². The number of rotatable bonds is 7. The van der Waals surface area contributed by atoms with Crippen molar-refractivity contribution in [3.8, 4) is 11.5 Å². The molecule has 0 saturated carbocycles. The summed E-state index contributed by atoms with van der Waals surface area (Å²) in [6.07, 6.45) is 0.103. The number of hydrogen-bond acceptors (Lipinski definition) is 6. The number of carbonyl (C=O) groups is 2. The Kier molecular flexibility index (Phi) is 6.84. The minimum absolute atomic E-state index is 0.103. The Morgan fingerprint density at radius 3 is 2.45 bits per heavy atom. The molecule has 0 aliphatic rings. The minimum Gasteiger partial charge on any atom is -0.497 e. The molecule has 3 aromatic rings. The number of halogens is 1. The summed E-state index contributed by atoms with van der Waals surface area (Å²) < 4.78 is 11.2. The van der Waals surface area contributed by atoms with Gasteiger partial charge in [-0.15, -0.1) is 11.3 Å². The Labute approximate surface area is 180 Å². The van der Waals surface area contributed by atoms with Crippen LogP contribution in [0.1, 0.15) is 16.1 Å². The van der Waals surface area contributed by atoms with Crippen LogP contribution in [0.3, 0.4) is 0 Å². The second kappa shape index (κ2) is 9.53. The number of hydrogen-bond donors (Lipinski definition) is 2. The number of methoxy groups -OCH3 is 2. The standard InChI is InChI=1S/C20H18BrN3O4S/c1-27-16-6-12(7-17(10-16)28-2)19(26)24-20-23-15(11-29-20)9-18(25)22-14-5-3-4-13(21)8-14/h3-8,10-11H,9H2,1-2H3,(H,22,25)(H,23,24,26). The van der Waals surface area contributed by atoms with Crippen LogP contribution in [0.2, 0.25) is 0 Å². The molecule has 1 aromatic heterocycles. The van der Waals surface area contributed by atoms with Crippen molar-refractivity contribution in [1.82, 2.24) is 4.98 Å². The van der Waals surface area contributed by atoms with Crippen LogP contribution in [-0.4, -0.2) is 31.0 Å². The zero-order chi connectivity index (χ0) is 20.8. The van der Waals surface area contributed by atoms with Gasteiger partial charge in [0.05, 0.1) is 26.3 Å². The number of anilines is 2. The quantitative estimate of drug-likeness (QED) is 0.529. The highest BCUT2D eigenvalue weighted by atomic mass is 79.9. The summed E-state index contributed by atoms with van der Waals surface area (Å²) in [6.45, 7) is 0. The van der Waals surface area contributed by atoms with Gasteiger partial charge in [-0.2, -0.15) is 0 Å². The monoisotopic (exact) mass is 475 g/mol. The summed E-state index contributed by atoms with van der Waals surface area (Å²) in [5.41, 5.74) is 1.64. The second-order valence-electron chi connectivity index (χ2n) is 5.93. The van der Waals surface area contributed by atoms with Crippen LogP contribution in [0.5, 0.6) is 11.5 Å². The number of carbonyl (C=O) groups excluding carboxylic acids is 2. The van der Waals surface area contributed by atoms with Gasteiger partial charge in [0, 0.05) is 27.2 Å². The van der Waals surface area contributed by atoms with Crippen LogP contribution in [0, 0.1) is 0 Å². The molecule has 0 fully saturated rings. The van der Waals surface area contributed by atoms with Crippen molar-refractivity contribution in [2.24, 2.45) is 0 Å². The van der Waals surface area contributed by atoms with Gasteiger partial charge in [-0.05, 0) is 30.3 Å². The molecular formula is C20H18BrN3O4S. The number of thiazole rings is 1. The fourth-order valence-corrected chi connectivity index (χ4v) is 3.59. The molecule has 3 rings (SSSR count). The van der Waals surface area contributed by atoms with E-state index in [4.69, 9.17) is 9.47 Å². The van der Waals surface area contributed by atoms with Crippen LogP contribution in [-0.2, 0) is 11.2 Å². The molecular weight excluding hydrogens is 458 g/mol. The fourth-order valence-electron chi connectivity index (χ4n) is 2.49. The molecule has 0 spiro atoms. The lowest BCUT2D eigenvalue weighted by Crippen LogP contribution is -2.15. The van der Waals surface area contributed by atoms with Gasteiger partial charge in [-0.3, -0.25) is 14.9 Å². The number of ether oxygens (including phenoxy) is 2. The van der Waals surface area contributed by atoms with Crippen LogP contribution >= 0.6 is 27.3 Å². The molecule has 0 bridgehead atoms. The molecule has 0 saturated heterocycles. The van der Waals surface area contributed by atoms with E-state index in [0.717, 1.165) is 4.47 Å². The second-order valence-corrected chi connectivity index (χ2v) is 7.71. The van der Waals surface area contributed by atoms with Crippen LogP contribution in [0.25, 0.3) is 0 Å². The third-order valence-corrected chi connectivity index (χ3v) is 5.14. The number of nitrogens with zero attached hydrogens (tertiary/aromatic N) is 1. The van der Waals surface area contributed by atoms with Crippen molar-refractivity contribution >= 4 is 49.9 Å². The predicted molar refractivity (Wildman–Crippen MR) is 116 cm³/mol. The fraction of sp³-hybridized carbons (Fsp3) is 0.150. The van der Waals surface area contributed by atoms with Gasteiger partial charge < -0.3 is 14.8 Å². The maximum Gasteiger partial charge on any atom is 0.257 e. The Bertz CT molecular complexity index is 1020. The Balaban J connectivity index is 1.62. The van der Waals surface area contributed by atoms with Gasteiger partial charge in [-0.25, -0.2) is 4.98 Å². The van der Waals surface area contributed by atoms with E-state index < -0.39 is 0 Å². The highest BCUT2D eigenvalue weighted by molar-refractivity contribution is 9.10. The molecule has 1 heterocycles. The van der Waals surface area contributed by atoms with E-state index >= 15 is 0 Å². The molecule has 2 N–H and O–H groups in total. The van der Waals surface area contributed by atoms with Crippen molar-refractivity contribution in [3.63, 3.8) is 0 Å². The Morgan fingerprint density at radius 2 is 1.79 bits per heavy atom. The van der Waals surface area contributed by atoms with E-state index in [2.05, 4.69) is 31.5 Å². The SMILES string of the molecule is COc1cc(OC)cc(C(=O)Nc2nc(CC(=O)Nc3cccc(Br)c3)cs2)c1. The van der Waals surface area contributed by atoms with Crippen molar-refractivity contribution in [1.29, 1.82) is 0 Å². The third-order valence-electron chi connectivity index (χ3n) is 3.84. The number of benzene rings is 2. The van der Waals surface area contributed by atoms with Gasteiger partial charge in [0.25, 0.3) is 5.91 Å². The van der Waals surface area contributed by atoms with Crippen LogP contribution < -0.4 is 20.1 Å². The van der Waals surface area contributed by atoms with Gasteiger partial charge in [0.1, 0.15) is 11.5 Å². The zero-order valence-corrected chi connectivity index (χ0v) is 18.1. The molecule has 2 amide bonds. The van der Waals surface area contributed by atoms with Gasteiger partial charge >= 0.3 is 0 Å². The third kappa shape index (κ3) is 5.78. The zero-order valence-electron chi connectivity index (χ0n) is 15.7. The van der Waals surface area contributed by atoms with Crippen molar-refractivity contribution in [2.75, 3.05) is 24.9 Å². The molecule has 0 aliphatic carbocycles. The molecule has 29 heavy (non-hydrogen) atoms. The molecule has 7 nitrogen and oxygen atoms in total. The van der Waals surface area contributed by atoms with E-state index in [-0.39, 0.29) is 18.2 Å². The molecule has 0 atom stereocenters. The summed E-state index contributed by atoms with van der Waals surface area (Å²) >= 11 is 4.61. The summed E-state index contributed by atoms with van der Waals surface area (Å²) in [5.74, 6) is 0.489. The Morgan fingerprint density at radius 1 is 1.07 bits per heavy atom. The molecule has 0 aliphatic heterocycles. The van der Waals surface area contributed by atoms with Gasteiger partial charge in [0.2, 0.25) is 5.91 Å². The number of nitrogens with one attached hydrogen (secondary N) is 2. The summed E-state index contributed by atoms with van der Waals surface area (Å²) in [4.78, 5) is 29.0. The normalized spacial score (nSPS) is 10.3. The first-order chi connectivity index (χ1) is 14.0. The first kappa shape index (κ1) is 20.8. The van der Waals surface area contributed by atoms with E-state index in [1.54, 1.807) is 29.6 Å². The smallest absolute Gasteiger partial charge is 0.257 e. The van der Waals surface area contributed by atoms with Crippen molar-refractivity contribution in [2.45, 2.75) is 6.42 Å². The topological polar surface area (TPSA) is 89.6 Å². The molecule has 0 radical (unpaired) electrons. The number of aromatic nitrogens is 1. The highest BCUT2D eigenvalue weighted by Crippen LogP contribution is 2.24. The summed E-state index contributed by atoms with van der Waals surface area (Å²) in [7, 11) is 3.03. The predicted octanol–water partition coefficient (Wildman–Crippen LogP) is 4.36. The first-order valence-corrected chi connectivity index (χ1v) is 10.2. The Hall–Kier alpha value is -2.91. The first-order valence-electron chi connectivity index (χ1n) is 8.51. The average Bonchev–Trinajstić information content (AvgIpc) is 3.13. The van der Waals surface area contributed by atoms with E-state index in [9.17, 15) is 9.59 Å². The summed E-state index contributed by atoms with van der Waals surface area (Å²) in [6, 6.07) is 12.2. The highest BCUT2D eigenvalue weighted by Gasteiger charge is 2.13. The van der Waals surface area contributed by atoms with E-state index in [1.165, 1.54) is 25.6 Å². The van der Waals surface area contributed by atoms with Gasteiger partial charge in [-0.1, -0.05) is 22.0 Å². The maximum atomic E-state index is 12.5. The lowest BCUT2D eigenvalue weighted by Gasteiger charge is -2.08. The molecule has 9 heteroatoms. The molecule has 2 aromatic carbocycles. The lowest BCUT2D eigenvalue weighted by atomic mass is 10.2. The van der Waals surface area contributed by atoms with E-state index in [1.807, 2.05) is 18.2 Å². The number of amides is 2. The summed E-state index contributed by atoms with van der Waals surface area (Å²) in [5, 5.41) is 7.69. The van der Waals surface area contributed by atoms with Gasteiger partial charge in [0.15, 0.2) is 5.13 Å². The van der Waals surface area contributed by atoms with Crippen LogP contribution in [0.15, 0.2) is 52.3 Å². The largest absolute Gasteiger partial charge is 0.497 e. The average molecular weight is 476 g/mol.